The first-order chi connectivity index (χ1) is 10.6. The van der Waals surface area contributed by atoms with Crippen molar-refractivity contribution in [2.75, 3.05) is 19.2 Å². The van der Waals surface area contributed by atoms with Gasteiger partial charge in [-0.25, -0.2) is 4.79 Å². The molecule has 0 fully saturated rings. The summed E-state index contributed by atoms with van der Waals surface area (Å²) in [5, 5.41) is 19.6. The van der Waals surface area contributed by atoms with Crippen LogP contribution >= 0.6 is 11.8 Å². The van der Waals surface area contributed by atoms with E-state index in [1.807, 2.05) is 0 Å². The summed E-state index contributed by atoms with van der Waals surface area (Å²) in [6.07, 6.45) is 0. The number of aliphatic hydroxyl groups excluding tert-OH is 1. The summed E-state index contributed by atoms with van der Waals surface area (Å²) in [4.78, 5) is 24.1. The predicted molar refractivity (Wildman–Crippen MR) is 78.1 cm³/mol. The Hall–Kier alpha value is -2.19. The number of aromatic nitrogens is 1. The molecule has 0 aliphatic carbocycles. The Morgan fingerprint density at radius 3 is 2.77 bits per heavy atom. The van der Waals surface area contributed by atoms with E-state index >= 15 is 0 Å². The van der Waals surface area contributed by atoms with Crippen LogP contribution in [0.25, 0.3) is 10.9 Å². The lowest BCUT2D eigenvalue weighted by Gasteiger charge is -2.16. The Balaban J connectivity index is 2.16. The van der Waals surface area contributed by atoms with Crippen molar-refractivity contribution in [2.45, 2.75) is 11.1 Å². The van der Waals surface area contributed by atoms with E-state index in [1.165, 1.54) is 17.8 Å². The van der Waals surface area contributed by atoms with E-state index in [1.54, 1.807) is 10.6 Å². The van der Waals surface area contributed by atoms with Crippen LogP contribution in [0.4, 0.5) is 0 Å². The monoisotopic (exact) mass is 321 g/mol. The lowest BCUT2D eigenvalue weighted by atomic mass is 10.1. The molecule has 2 aliphatic rings. The van der Waals surface area contributed by atoms with Crippen molar-refractivity contribution in [3.8, 4) is 11.5 Å². The number of nitrogens with zero attached hydrogens (tertiary/aromatic N) is 1. The zero-order valence-corrected chi connectivity index (χ0v) is 12.1. The van der Waals surface area contributed by atoms with Crippen LogP contribution in [0.1, 0.15) is 16.4 Å². The number of carboxylic acid groups (broad SMARTS) is 1. The number of hydrogen-bond donors (Lipinski definition) is 2. The molecule has 3 heterocycles. The fourth-order valence-electron chi connectivity index (χ4n) is 2.85. The maximum atomic E-state index is 12.6. The Bertz CT molecular complexity index is 874. The summed E-state index contributed by atoms with van der Waals surface area (Å²) >= 11 is 1.27. The van der Waals surface area contributed by atoms with Gasteiger partial charge in [0, 0.05) is 11.8 Å². The molecule has 8 heteroatoms. The molecule has 2 N–H and O–H groups in total. The summed E-state index contributed by atoms with van der Waals surface area (Å²) in [6.45, 7) is -0.0673. The number of carbonyl (C=O) groups is 1. The first-order valence-corrected chi connectivity index (χ1v) is 7.59. The van der Waals surface area contributed by atoms with Crippen LogP contribution in [0.3, 0.4) is 0 Å². The van der Waals surface area contributed by atoms with Gasteiger partial charge < -0.3 is 24.3 Å². The van der Waals surface area contributed by atoms with Crippen molar-refractivity contribution in [1.29, 1.82) is 0 Å². The Morgan fingerprint density at radius 1 is 1.36 bits per heavy atom. The SMILES string of the molecule is O=C(O)c1c2n(c3cc4c(cc3c1=O)OCO4)C(CO)CS2. The number of fused-ring (bicyclic) bond motifs is 4. The van der Waals surface area contributed by atoms with Gasteiger partial charge in [0.1, 0.15) is 5.56 Å². The molecule has 1 unspecified atom stereocenters. The van der Waals surface area contributed by atoms with E-state index < -0.39 is 11.4 Å². The van der Waals surface area contributed by atoms with Crippen LogP contribution in [0, 0.1) is 0 Å². The van der Waals surface area contributed by atoms with E-state index in [-0.39, 0.29) is 30.4 Å². The minimum atomic E-state index is -1.26. The molecule has 2 aliphatic heterocycles. The van der Waals surface area contributed by atoms with Crippen molar-refractivity contribution >= 4 is 28.6 Å². The molecule has 22 heavy (non-hydrogen) atoms. The molecular formula is C14H11NO6S. The standard InChI is InChI=1S/C14H11NO6S/c16-3-6-4-22-13-11(14(18)19)12(17)7-1-9-10(21-5-20-9)2-8(7)15(6)13/h1-2,6,16H,3-5H2,(H,18,19). The van der Waals surface area contributed by atoms with Crippen LogP contribution in [0.5, 0.6) is 11.5 Å². The fraction of sp³-hybridized carbons (Fsp3) is 0.286. The molecule has 0 saturated carbocycles. The third kappa shape index (κ3) is 1.68. The fourth-order valence-corrected chi connectivity index (χ4v) is 4.17. The van der Waals surface area contributed by atoms with E-state index in [9.17, 15) is 19.8 Å². The molecule has 0 amide bonds. The van der Waals surface area contributed by atoms with Crippen LogP contribution in [-0.4, -0.2) is 39.9 Å². The van der Waals surface area contributed by atoms with Gasteiger partial charge in [-0.2, -0.15) is 0 Å². The summed E-state index contributed by atoms with van der Waals surface area (Å²) < 4.78 is 12.3. The molecule has 2 aromatic rings. The van der Waals surface area contributed by atoms with Crippen LogP contribution in [0.15, 0.2) is 22.0 Å². The van der Waals surface area contributed by atoms with Gasteiger partial charge in [-0.1, -0.05) is 0 Å². The van der Waals surface area contributed by atoms with Crippen molar-refractivity contribution in [3.05, 3.63) is 27.9 Å². The third-order valence-corrected chi connectivity index (χ3v) is 5.08. The van der Waals surface area contributed by atoms with Crippen molar-refractivity contribution < 1.29 is 24.5 Å². The highest BCUT2D eigenvalue weighted by atomic mass is 32.2. The second-order valence-corrected chi connectivity index (χ2v) is 6.06. The average Bonchev–Trinajstić information content (AvgIpc) is 3.10. The second kappa shape index (κ2) is 4.65. The molecule has 114 valence electrons. The summed E-state index contributed by atoms with van der Waals surface area (Å²) in [5.74, 6) is 0.189. The van der Waals surface area contributed by atoms with Gasteiger partial charge >= 0.3 is 5.97 Å². The zero-order valence-electron chi connectivity index (χ0n) is 11.2. The number of benzene rings is 1. The Labute approximate surface area is 128 Å². The number of rotatable bonds is 2. The maximum Gasteiger partial charge on any atom is 0.342 e. The van der Waals surface area contributed by atoms with Crippen molar-refractivity contribution in [1.82, 2.24) is 4.57 Å². The number of ether oxygens (including phenoxy) is 2. The van der Waals surface area contributed by atoms with Gasteiger partial charge in [-0.05, 0) is 6.07 Å². The number of hydrogen-bond acceptors (Lipinski definition) is 6. The van der Waals surface area contributed by atoms with Crippen molar-refractivity contribution in [3.63, 3.8) is 0 Å². The largest absolute Gasteiger partial charge is 0.477 e. The quantitative estimate of drug-likeness (QED) is 0.853. The van der Waals surface area contributed by atoms with Gasteiger partial charge in [-0.15, -0.1) is 11.8 Å². The number of aromatic carboxylic acids is 1. The molecule has 1 aromatic heterocycles. The van der Waals surface area contributed by atoms with Crippen LogP contribution in [0.2, 0.25) is 0 Å². The smallest absolute Gasteiger partial charge is 0.342 e. The Morgan fingerprint density at radius 2 is 2.09 bits per heavy atom. The predicted octanol–water partition coefficient (Wildman–Crippen LogP) is 1.07. The zero-order chi connectivity index (χ0) is 15.4. The molecule has 0 saturated heterocycles. The highest BCUT2D eigenvalue weighted by Gasteiger charge is 2.32. The Kier molecular flexibility index (Phi) is 2.85. The van der Waals surface area contributed by atoms with Gasteiger partial charge in [0.25, 0.3) is 0 Å². The van der Waals surface area contributed by atoms with E-state index in [2.05, 4.69) is 0 Å². The number of carboxylic acids is 1. The summed E-state index contributed by atoms with van der Waals surface area (Å²) in [7, 11) is 0. The van der Waals surface area contributed by atoms with E-state index in [0.29, 0.717) is 27.8 Å². The summed E-state index contributed by atoms with van der Waals surface area (Å²) in [5.41, 5.74) is -0.247. The highest BCUT2D eigenvalue weighted by molar-refractivity contribution is 7.99. The molecule has 1 aromatic carbocycles. The molecule has 0 bridgehead atoms. The minimum absolute atomic E-state index is 0.0661. The van der Waals surface area contributed by atoms with Crippen LogP contribution in [-0.2, 0) is 0 Å². The van der Waals surface area contributed by atoms with Crippen LogP contribution < -0.4 is 14.9 Å². The van der Waals surface area contributed by atoms with E-state index in [4.69, 9.17) is 9.47 Å². The van der Waals surface area contributed by atoms with Gasteiger partial charge in [0.05, 0.1) is 28.6 Å². The minimum Gasteiger partial charge on any atom is -0.477 e. The van der Waals surface area contributed by atoms with Crippen molar-refractivity contribution in [2.24, 2.45) is 0 Å². The third-order valence-electron chi connectivity index (χ3n) is 3.86. The molecule has 0 radical (unpaired) electrons. The second-order valence-electron chi connectivity index (χ2n) is 5.05. The first-order valence-electron chi connectivity index (χ1n) is 6.60. The molecule has 1 atom stereocenters. The maximum absolute atomic E-state index is 12.6. The summed E-state index contributed by atoms with van der Waals surface area (Å²) in [6, 6.07) is 2.90. The van der Waals surface area contributed by atoms with E-state index in [0.717, 1.165) is 0 Å². The van der Waals surface area contributed by atoms with Gasteiger partial charge in [0.15, 0.2) is 11.5 Å². The normalized spacial score (nSPS) is 18.7. The average molecular weight is 321 g/mol. The number of pyridine rings is 1. The molecule has 7 nitrogen and oxygen atoms in total. The first kappa shape index (κ1) is 13.5. The molecule has 4 rings (SSSR count). The molecular weight excluding hydrogens is 310 g/mol. The molecule has 0 spiro atoms. The number of aliphatic hydroxyl groups is 1. The topological polar surface area (TPSA) is 98.0 Å². The lowest BCUT2D eigenvalue weighted by molar-refractivity contribution is 0.0689. The van der Waals surface area contributed by atoms with Gasteiger partial charge in [-0.3, -0.25) is 4.79 Å². The van der Waals surface area contributed by atoms with Gasteiger partial charge in [0.2, 0.25) is 12.2 Å². The highest BCUT2D eigenvalue weighted by Crippen LogP contribution is 2.41. The lowest BCUT2D eigenvalue weighted by Crippen LogP contribution is -2.22. The number of thioether (sulfide) groups is 1.